The summed E-state index contributed by atoms with van der Waals surface area (Å²) < 4.78 is 6.23. The number of allylic oxidation sites excluding steroid dienone is 2. The Hall–Kier alpha value is -2.29. The van der Waals surface area contributed by atoms with Crippen LogP contribution in [0.5, 0.6) is 5.75 Å². The maximum absolute atomic E-state index is 13.0. The fourth-order valence-electron chi connectivity index (χ4n) is 4.94. The van der Waals surface area contributed by atoms with Crippen LogP contribution in [0.15, 0.2) is 48.2 Å². The third-order valence-corrected chi connectivity index (χ3v) is 7.23. The molecule has 4 heteroatoms. The maximum atomic E-state index is 13.0. The maximum Gasteiger partial charge on any atom is 0.226 e. The van der Waals surface area contributed by atoms with Gasteiger partial charge in [0.2, 0.25) is 5.91 Å². The van der Waals surface area contributed by atoms with Crippen LogP contribution in [0.3, 0.4) is 0 Å². The van der Waals surface area contributed by atoms with Gasteiger partial charge in [-0.3, -0.25) is 4.79 Å². The molecule has 1 atom stereocenters. The minimum atomic E-state index is -0.224. The van der Waals surface area contributed by atoms with Crippen molar-refractivity contribution in [2.75, 3.05) is 20.1 Å². The third kappa shape index (κ3) is 7.89. The number of hydrogen-bond donors (Lipinski definition) is 1. The summed E-state index contributed by atoms with van der Waals surface area (Å²) in [7, 11) is 2.14. The molecular weight excluding hydrogens is 420 g/mol. The number of nitrogens with zero attached hydrogens (tertiary/aromatic N) is 1. The fourth-order valence-corrected chi connectivity index (χ4v) is 4.94. The molecule has 34 heavy (non-hydrogen) atoms. The molecule has 1 unspecified atom stereocenters. The largest absolute Gasteiger partial charge is 0.490 e. The molecule has 4 nitrogen and oxygen atoms in total. The van der Waals surface area contributed by atoms with Crippen molar-refractivity contribution in [3.05, 3.63) is 53.8 Å². The van der Waals surface area contributed by atoms with E-state index in [1.807, 2.05) is 6.92 Å². The normalized spacial score (nSPS) is 19.3. The molecule has 1 heterocycles. The second-order valence-corrected chi connectivity index (χ2v) is 10.1. The van der Waals surface area contributed by atoms with Crippen molar-refractivity contribution in [1.29, 1.82) is 0 Å². The lowest BCUT2D eigenvalue weighted by molar-refractivity contribution is -0.124. The van der Waals surface area contributed by atoms with Crippen molar-refractivity contribution < 1.29 is 9.53 Å². The molecule has 1 saturated carbocycles. The van der Waals surface area contributed by atoms with E-state index in [1.54, 1.807) is 0 Å². The van der Waals surface area contributed by atoms with Gasteiger partial charge in [0.1, 0.15) is 5.75 Å². The number of piperidine rings is 1. The topological polar surface area (TPSA) is 41.6 Å². The van der Waals surface area contributed by atoms with Gasteiger partial charge in [0.05, 0.1) is 12.0 Å². The predicted octanol–water partition coefficient (Wildman–Crippen LogP) is 6.53. The summed E-state index contributed by atoms with van der Waals surface area (Å²) in [4.78, 5) is 15.3. The van der Waals surface area contributed by atoms with E-state index in [0.717, 1.165) is 80.5 Å². The lowest BCUT2D eigenvalue weighted by Gasteiger charge is -2.30. The average molecular weight is 465 g/mol. The van der Waals surface area contributed by atoms with Crippen molar-refractivity contribution in [2.45, 2.75) is 90.2 Å². The molecule has 1 aromatic carbocycles. The number of carbonyl (C=O) groups excluding carboxylic acids is 1. The van der Waals surface area contributed by atoms with Gasteiger partial charge < -0.3 is 15.0 Å². The van der Waals surface area contributed by atoms with Gasteiger partial charge in [-0.25, -0.2) is 0 Å². The predicted molar refractivity (Wildman–Crippen MR) is 142 cm³/mol. The first-order valence-corrected chi connectivity index (χ1v) is 13.4. The van der Waals surface area contributed by atoms with Crippen LogP contribution >= 0.6 is 0 Å². The summed E-state index contributed by atoms with van der Waals surface area (Å²) >= 11 is 0. The highest BCUT2D eigenvalue weighted by molar-refractivity contribution is 5.86. The average Bonchev–Trinajstić information content (AvgIpc) is 2.86. The summed E-state index contributed by atoms with van der Waals surface area (Å²) in [5, 5.41) is 3.28. The summed E-state index contributed by atoms with van der Waals surface area (Å²) in [6.07, 6.45) is 13.7. The smallest absolute Gasteiger partial charge is 0.226 e. The quantitative estimate of drug-likeness (QED) is 0.316. The van der Waals surface area contributed by atoms with Crippen LogP contribution in [0.4, 0.5) is 0 Å². The van der Waals surface area contributed by atoms with Crippen LogP contribution < -0.4 is 10.1 Å². The molecule has 1 aliphatic carbocycles. The van der Waals surface area contributed by atoms with Gasteiger partial charge in [0, 0.05) is 11.6 Å². The van der Waals surface area contributed by atoms with E-state index in [2.05, 4.69) is 66.8 Å². The fraction of sp³-hybridized carbons (Fsp3) is 0.600. The van der Waals surface area contributed by atoms with Crippen LogP contribution in [0.2, 0.25) is 0 Å². The Balaban J connectivity index is 1.75. The van der Waals surface area contributed by atoms with E-state index in [4.69, 9.17) is 4.74 Å². The first-order valence-electron chi connectivity index (χ1n) is 13.4. The number of rotatable bonds is 10. The first kappa shape index (κ1) is 26.3. The summed E-state index contributed by atoms with van der Waals surface area (Å²) in [6.45, 7) is 10.2. The van der Waals surface area contributed by atoms with Gasteiger partial charge in [-0.1, -0.05) is 51.5 Å². The number of likely N-dealkylation sites (tertiary alicyclic amines) is 1. The van der Waals surface area contributed by atoms with Gasteiger partial charge in [-0.2, -0.15) is 0 Å². The molecule has 1 N–H and O–H groups in total. The molecular formula is C30H44N2O2. The van der Waals surface area contributed by atoms with Gasteiger partial charge in [-0.05, 0) is 94.8 Å². The third-order valence-electron chi connectivity index (χ3n) is 7.23. The van der Waals surface area contributed by atoms with Crippen molar-refractivity contribution >= 4 is 11.5 Å². The Morgan fingerprint density at radius 1 is 1.18 bits per heavy atom. The van der Waals surface area contributed by atoms with E-state index in [9.17, 15) is 4.79 Å². The molecule has 2 fully saturated rings. The molecule has 0 spiro atoms. The Bertz CT molecular complexity index is 852. The second kappa shape index (κ2) is 13.6. The van der Waals surface area contributed by atoms with Crippen LogP contribution in [-0.4, -0.2) is 43.1 Å². The number of hydrogen-bond acceptors (Lipinski definition) is 3. The number of ether oxygens (including phenoxy) is 1. The van der Waals surface area contributed by atoms with E-state index >= 15 is 0 Å². The molecule has 0 aromatic heterocycles. The SMILES string of the molecule is C=C=C(CCCC)/C(=C\C(C)C(=O)NC1CCN(C)CC1)c1ccc(OC2CCCCC2)cc1. The van der Waals surface area contributed by atoms with Crippen LogP contribution in [0.25, 0.3) is 5.57 Å². The summed E-state index contributed by atoms with van der Waals surface area (Å²) in [6, 6.07) is 8.65. The van der Waals surface area contributed by atoms with E-state index in [0.29, 0.717) is 6.10 Å². The van der Waals surface area contributed by atoms with Crippen molar-refractivity contribution in [3.63, 3.8) is 0 Å². The van der Waals surface area contributed by atoms with E-state index in [-0.39, 0.29) is 17.9 Å². The molecule has 3 rings (SSSR count). The van der Waals surface area contributed by atoms with E-state index < -0.39 is 0 Å². The van der Waals surface area contributed by atoms with Crippen LogP contribution in [-0.2, 0) is 4.79 Å². The minimum absolute atomic E-state index is 0.100. The molecule has 1 amide bonds. The monoisotopic (exact) mass is 464 g/mol. The summed E-state index contributed by atoms with van der Waals surface area (Å²) in [5.41, 5.74) is 6.42. The molecule has 1 saturated heterocycles. The first-order chi connectivity index (χ1) is 16.5. The zero-order valence-corrected chi connectivity index (χ0v) is 21.6. The molecule has 1 aliphatic heterocycles. The molecule has 2 aliphatic rings. The van der Waals surface area contributed by atoms with Crippen molar-refractivity contribution in [3.8, 4) is 5.75 Å². The van der Waals surface area contributed by atoms with Gasteiger partial charge in [0.25, 0.3) is 0 Å². The number of nitrogens with one attached hydrogen (secondary N) is 1. The molecule has 1 aromatic rings. The van der Waals surface area contributed by atoms with Gasteiger partial charge >= 0.3 is 0 Å². The molecule has 0 bridgehead atoms. The minimum Gasteiger partial charge on any atom is -0.490 e. The molecule has 186 valence electrons. The lowest BCUT2D eigenvalue weighted by Crippen LogP contribution is -2.44. The summed E-state index contributed by atoms with van der Waals surface area (Å²) in [5.74, 6) is 0.807. The Kier molecular flexibility index (Phi) is 10.5. The van der Waals surface area contributed by atoms with E-state index in [1.165, 1.54) is 19.3 Å². The Labute approximate surface area is 207 Å². The van der Waals surface area contributed by atoms with Gasteiger partial charge in [-0.15, -0.1) is 5.73 Å². The van der Waals surface area contributed by atoms with Crippen LogP contribution in [0, 0.1) is 5.92 Å². The highest BCUT2D eigenvalue weighted by Gasteiger charge is 2.22. The number of unbranched alkanes of at least 4 members (excludes halogenated alkanes) is 1. The number of benzene rings is 1. The number of amides is 1. The standard InChI is InChI=1S/C30H44N2O2/c1-5-7-11-24(6-2)29(22-23(3)30(33)31-26-18-20-32(4)21-19-26)25-14-16-28(17-15-25)34-27-12-9-8-10-13-27/h14-17,22-23,26-27H,2,5,7-13,18-21H2,1,3-4H3,(H,31,33)/b29-22+. The Morgan fingerprint density at radius 3 is 2.47 bits per heavy atom. The second-order valence-electron chi connectivity index (χ2n) is 10.1. The molecule has 0 radical (unpaired) electrons. The van der Waals surface area contributed by atoms with Crippen molar-refractivity contribution in [1.82, 2.24) is 10.2 Å². The Morgan fingerprint density at radius 2 is 1.85 bits per heavy atom. The zero-order valence-electron chi connectivity index (χ0n) is 21.6. The zero-order chi connectivity index (χ0) is 24.3. The van der Waals surface area contributed by atoms with Gasteiger partial charge in [0.15, 0.2) is 0 Å². The van der Waals surface area contributed by atoms with Crippen molar-refractivity contribution in [2.24, 2.45) is 5.92 Å². The lowest BCUT2D eigenvalue weighted by atomic mass is 9.91. The highest BCUT2D eigenvalue weighted by Crippen LogP contribution is 2.30. The number of carbonyl (C=O) groups is 1. The highest BCUT2D eigenvalue weighted by atomic mass is 16.5. The van der Waals surface area contributed by atoms with Crippen LogP contribution in [0.1, 0.15) is 83.6 Å².